The van der Waals surface area contributed by atoms with Crippen LogP contribution < -0.4 is 0 Å². The molecule has 2 rings (SSSR count). The van der Waals surface area contributed by atoms with Crippen LogP contribution in [0.5, 0.6) is 0 Å². The quantitative estimate of drug-likeness (QED) is 0.793. The van der Waals surface area contributed by atoms with Crippen LogP contribution in [0.4, 0.5) is 0 Å². The van der Waals surface area contributed by atoms with Gasteiger partial charge in [-0.15, -0.1) is 0 Å². The van der Waals surface area contributed by atoms with Crippen molar-refractivity contribution < 1.29 is 13.2 Å². The fourth-order valence-corrected chi connectivity index (χ4v) is 4.31. The molecular weight excluding hydrogens is 276 g/mol. The number of sulfonamides is 1. The van der Waals surface area contributed by atoms with Crippen LogP contribution in [-0.4, -0.2) is 55.5 Å². The molecule has 1 atom stereocenters. The molecule has 2 heterocycles. The molecule has 5 nitrogen and oxygen atoms in total. The Labute approximate surface area is 122 Å². The summed E-state index contributed by atoms with van der Waals surface area (Å²) in [6.07, 6.45) is 6.18. The smallest absolute Gasteiger partial charge is 0.227 e. The molecule has 0 saturated carbocycles. The summed E-state index contributed by atoms with van der Waals surface area (Å²) in [5.74, 6) is 0.156. The fourth-order valence-electron chi connectivity index (χ4n) is 3.13. The molecule has 2 aliphatic rings. The van der Waals surface area contributed by atoms with Crippen molar-refractivity contribution in [3.05, 3.63) is 0 Å². The van der Waals surface area contributed by atoms with Gasteiger partial charge in [-0.3, -0.25) is 4.79 Å². The van der Waals surface area contributed by atoms with E-state index in [4.69, 9.17) is 0 Å². The van der Waals surface area contributed by atoms with Crippen LogP contribution in [0.2, 0.25) is 0 Å². The number of carbonyl (C=O) groups excluding carboxylic acids is 1. The monoisotopic (exact) mass is 302 g/mol. The molecule has 0 radical (unpaired) electrons. The van der Waals surface area contributed by atoms with Crippen LogP contribution in [0.15, 0.2) is 0 Å². The van der Waals surface area contributed by atoms with E-state index in [-0.39, 0.29) is 17.6 Å². The third-order valence-corrected chi connectivity index (χ3v) is 6.26. The molecule has 0 aromatic carbocycles. The molecular formula is C14H26N2O3S. The Kier molecular flexibility index (Phi) is 5.43. The van der Waals surface area contributed by atoms with E-state index in [0.29, 0.717) is 13.1 Å². The molecule has 0 unspecified atom stereocenters. The van der Waals surface area contributed by atoms with E-state index in [1.807, 2.05) is 4.90 Å². The van der Waals surface area contributed by atoms with Crippen LogP contribution in [0, 0.1) is 5.92 Å². The Morgan fingerprint density at radius 1 is 1.05 bits per heavy atom. The van der Waals surface area contributed by atoms with Crippen molar-refractivity contribution in [2.45, 2.75) is 45.4 Å². The Morgan fingerprint density at radius 3 is 2.30 bits per heavy atom. The Bertz CT molecular complexity index is 428. The molecule has 2 aliphatic heterocycles. The molecule has 0 N–H and O–H groups in total. The lowest BCUT2D eigenvalue weighted by Gasteiger charge is -2.33. The largest absolute Gasteiger partial charge is 0.342 e. The van der Waals surface area contributed by atoms with Gasteiger partial charge in [0, 0.05) is 26.2 Å². The van der Waals surface area contributed by atoms with E-state index in [2.05, 4.69) is 0 Å². The number of nitrogens with zero attached hydrogens (tertiary/aromatic N) is 2. The van der Waals surface area contributed by atoms with Crippen molar-refractivity contribution in [1.29, 1.82) is 0 Å². The van der Waals surface area contributed by atoms with Gasteiger partial charge in [0.25, 0.3) is 0 Å². The maximum Gasteiger partial charge on any atom is 0.227 e. The number of amides is 1. The summed E-state index contributed by atoms with van der Waals surface area (Å²) < 4.78 is 25.4. The first-order chi connectivity index (χ1) is 9.54. The highest BCUT2D eigenvalue weighted by atomic mass is 32.2. The number of hydrogen-bond donors (Lipinski definition) is 0. The van der Waals surface area contributed by atoms with Gasteiger partial charge in [0.1, 0.15) is 0 Å². The molecule has 1 amide bonds. The van der Waals surface area contributed by atoms with Gasteiger partial charge < -0.3 is 4.90 Å². The summed E-state index contributed by atoms with van der Waals surface area (Å²) in [5.41, 5.74) is 0. The minimum atomic E-state index is -3.16. The van der Waals surface area contributed by atoms with E-state index in [9.17, 15) is 13.2 Å². The first kappa shape index (κ1) is 15.8. The molecule has 20 heavy (non-hydrogen) atoms. The lowest BCUT2D eigenvalue weighted by molar-refractivity contribution is -0.136. The molecule has 0 aromatic rings. The van der Waals surface area contributed by atoms with Crippen LogP contribution in [0.3, 0.4) is 0 Å². The van der Waals surface area contributed by atoms with E-state index >= 15 is 0 Å². The number of likely N-dealkylation sites (tertiary alicyclic amines) is 1. The number of rotatable bonds is 3. The Balaban J connectivity index is 1.99. The zero-order valence-electron chi connectivity index (χ0n) is 12.4. The van der Waals surface area contributed by atoms with E-state index in [1.54, 1.807) is 6.92 Å². The Morgan fingerprint density at radius 2 is 1.70 bits per heavy atom. The van der Waals surface area contributed by atoms with Crippen molar-refractivity contribution in [2.75, 3.05) is 31.9 Å². The van der Waals surface area contributed by atoms with Gasteiger partial charge in [0.15, 0.2) is 0 Å². The second kappa shape index (κ2) is 6.89. The molecule has 0 aliphatic carbocycles. The van der Waals surface area contributed by atoms with Crippen LogP contribution in [0.25, 0.3) is 0 Å². The van der Waals surface area contributed by atoms with Gasteiger partial charge in [-0.05, 0) is 32.6 Å². The van der Waals surface area contributed by atoms with Gasteiger partial charge in [-0.1, -0.05) is 12.8 Å². The predicted octanol–water partition coefficient (Wildman–Crippen LogP) is 1.45. The van der Waals surface area contributed by atoms with Crippen molar-refractivity contribution in [1.82, 2.24) is 9.21 Å². The lowest BCUT2D eigenvalue weighted by Crippen LogP contribution is -2.47. The van der Waals surface area contributed by atoms with E-state index in [1.165, 1.54) is 17.1 Å². The summed E-state index contributed by atoms with van der Waals surface area (Å²) in [6.45, 7) is 4.30. The van der Waals surface area contributed by atoms with Crippen molar-refractivity contribution in [3.8, 4) is 0 Å². The van der Waals surface area contributed by atoms with Gasteiger partial charge in [0.05, 0.1) is 11.7 Å². The van der Waals surface area contributed by atoms with Gasteiger partial charge in [-0.2, -0.15) is 0 Å². The molecule has 0 spiro atoms. The number of hydrogen-bond acceptors (Lipinski definition) is 3. The third kappa shape index (κ3) is 3.73. The zero-order valence-corrected chi connectivity index (χ0v) is 13.2. The molecule has 6 heteroatoms. The first-order valence-corrected chi connectivity index (χ1v) is 9.42. The van der Waals surface area contributed by atoms with Gasteiger partial charge >= 0.3 is 0 Å². The average Bonchev–Trinajstić information content (AvgIpc) is 2.75. The highest BCUT2D eigenvalue weighted by Crippen LogP contribution is 2.23. The van der Waals surface area contributed by atoms with Crippen molar-refractivity contribution in [2.24, 2.45) is 5.92 Å². The maximum absolute atomic E-state index is 12.6. The van der Waals surface area contributed by atoms with Crippen LogP contribution in [0.1, 0.15) is 45.4 Å². The number of piperidine rings is 1. The third-order valence-electron chi connectivity index (χ3n) is 4.41. The molecule has 2 fully saturated rings. The second-order valence-corrected chi connectivity index (χ2v) is 8.09. The summed E-state index contributed by atoms with van der Waals surface area (Å²) in [4.78, 5) is 14.5. The highest BCUT2D eigenvalue weighted by molar-refractivity contribution is 7.89. The first-order valence-electron chi connectivity index (χ1n) is 7.81. The van der Waals surface area contributed by atoms with Gasteiger partial charge in [0.2, 0.25) is 15.9 Å². The van der Waals surface area contributed by atoms with Crippen molar-refractivity contribution >= 4 is 15.9 Å². The summed E-state index contributed by atoms with van der Waals surface area (Å²) in [6, 6.07) is 0. The standard InChI is InChI=1S/C14H26N2O3S/c1-2-20(18,19)16-11-7-8-13(12-16)14(17)15-9-5-3-4-6-10-15/h13H,2-12H2,1H3/t13-/m0/s1. The zero-order chi connectivity index (χ0) is 14.6. The Hall–Kier alpha value is -0.620. The van der Waals surface area contributed by atoms with Crippen LogP contribution in [-0.2, 0) is 14.8 Å². The highest BCUT2D eigenvalue weighted by Gasteiger charge is 2.33. The lowest BCUT2D eigenvalue weighted by atomic mass is 9.98. The van der Waals surface area contributed by atoms with Gasteiger partial charge in [-0.25, -0.2) is 12.7 Å². The molecule has 116 valence electrons. The maximum atomic E-state index is 12.6. The fraction of sp³-hybridized carbons (Fsp3) is 0.929. The molecule has 0 bridgehead atoms. The summed E-state index contributed by atoms with van der Waals surface area (Å²) >= 11 is 0. The second-order valence-electron chi connectivity index (χ2n) is 5.84. The van der Waals surface area contributed by atoms with E-state index < -0.39 is 10.0 Å². The van der Waals surface area contributed by atoms with E-state index in [0.717, 1.165) is 38.8 Å². The van der Waals surface area contributed by atoms with Crippen molar-refractivity contribution in [3.63, 3.8) is 0 Å². The topological polar surface area (TPSA) is 57.7 Å². The number of carbonyl (C=O) groups is 1. The summed E-state index contributed by atoms with van der Waals surface area (Å²) in [5, 5.41) is 0. The average molecular weight is 302 g/mol. The minimum absolute atomic E-state index is 0.123. The van der Waals surface area contributed by atoms with Crippen LogP contribution >= 0.6 is 0 Å². The predicted molar refractivity (Wildman–Crippen MR) is 78.8 cm³/mol. The SMILES string of the molecule is CCS(=O)(=O)N1CCC[C@H](C(=O)N2CCCCCC2)C1. The summed E-state index contributed by atoms with van der Waals surface area (Å²) in [7, 11) is -3.16. The minimum Gasteiger partial charge on any atom is -0.342 e. The molecule has 2 saturated heterocycles. The molecule has 0 aromatic heterocycles. The normalized spacial score (nSPS) is 26.2.